The molecule has 0 spiro atoms. The molecule has 2 bridgehead atoms. The molecule has 61 heavy (non-hydrogen) atoms. The first-order valence-corrected chi connectivity index (χ1v) is 22.9. The molecule has 0 saturated heterocycles. The van der Waals surface area contributed by atoms with Gasteiger partial charge < -0.3 is 46.5 Å². The average molecular weight is 845 g/mol. The van der Waals surface area contributed by atoms with Crippen LogP contribution in [0.15, 0.2) is 78.6 Å². The van der Waals surface area contributed by atoms with Crippen molar-refractivity contribution >= 4 is 23.4 Å². The molecular formula is C49H76N6O6. The number of anilines is 1. The molecule has 12 heteroatoms. The zero-order valence-corrected chi connectivity index (χ0v) is 37.2. The van der Waals surface area contributed by atoms with Crippen molar-refractivity contribution in [3.63, 3.8) is 0 Å². The fourth-order valence-corrected chi connectivity index (χ4v) is 8.77. The number of rotatable bonds is 31. The van der Waals surface area contributed by atoms with Gasteiger partial charge in [-0.1, -0.05) is 81.6 Å². The van der Waals surface area contributed by atoms with Gasteiger partial charge in [0.05, 0.1) is 39.6 Å². The Hall–Kier alpha value is -3.91. The predicted octanol–water partition coefficient (Wildman–Crippen LogP) is 6.55. The molecule has 0 saturated carbocycles. The molecule has 4 unspecified atom stereocenters. The Bertz CT molecular complexity index is 1660. The third-order valence-corrected chi connectivity index (χ3v) is 12.1. The molecule has 3 aliphatic rings. The Morgan fingerprint density at radius 1 is 0.754 bits per heavy atom. The average Bonchev–Trinajstić information content (AvgIpc) is 3.33. The molecule has 0 radical (unpaired) electrons. The highest BCUT2D eigenvalue weighted by Crippen LogP contribution is 2.58. The van der Waals surface area contributed by atoms with Crippen LogP contribution in [0.2, 0.25) is 0 Å². The van der Waals surface area contributed by atoms with E-state index < -0.39 is 5.41 Å². The summed E-state index contributed by atoms with van der Waals surface area (Å²) in [4.78, 5) is 42.6. The van der Waals surface area contributed by atoms with E-state index in [4.69, 9.17) is 25.7 Å². The van der Waals surface area contributed by atoms with Gasteiger partial charge in [-0.2, -0.15) is 0 Å². The maximum absolute atomic E-state index is 14.0. The Morgan fingerprint density at radius 3 is 2.03 bits per heavy atom. The summed E-state index contributed by atoms with van der Waals surface area (Å²) >= 11 is 0. The lowest BCUT2D eigenvalue weighted by Crippen LogP contribution is -2.46. The van der Waals surface area contributed by atoms with E-state index in [1.807, 2.05) is 32.3 Å². The van der Waals surface area contributed by atoms with Crippen molar-refractivity contribution in [1.29, 1.82) is 0 Å². The Morgan fingerprint density at radius 2 is 1.36 bits per heavy atom. The smallest absolute Gasteiger partial charge is 0.224 e. The van der Waals surface area contributed by atoms with Crippen LogP contribution in [0.1, 0.15) is 107 Å². The van der Waals surface area contributed by atoms with Crippen LogP contribution in [-0.2, 0) is 34.0 Å². The molecule has 3 amide bonds. The van der Waals surface area contributed by atoms with E-state index in [0.29, 0.717) is 84.2 Å². The first-order chi connectivity index (χ1) is 29.7. The number of benzene rings is 1. The molecule has 1 aromatic carbocycles. The number of hydrogen-bond donors (Lipinski definition) is 5. The molecule has 338 valence electrons. The van der Waals surface area contributed by atoms with Crippen molar-refractivity contribution in [1.82, 2.24) is 15.5 Å². The molecule has 1 aromatic rings. The number of carbonyl (C=O) groups excluding carboxylic acids is 3. The number of likely N-dealkylation sites (N-methyl/N-ethyl adjacent to an activating group) is 2. The van der Waals surface area contributed by atoms with Gasteiger partial charge in [0.2, 0.25) is 17.7 Å². The fourth-order valence-electron chi connectivity index (χ4n) is 8.77. The molecule has 0 aliphatic heterocycles. The van der Waals surface area contributed by atoms with Gasteiger partial charge in [-0.05, 0) is 105 Å². The minimum Gasteiger partial charge on any atom is -0.378 e. The minimum atomic E-state index is -0.706. The number of hydrogen-bond acceptors (Lipinski definition) is 9. The molecule has 0 fully saturated rings. The van der Waals surface area contributed by atoms with Crippen LogP contribution < -0.4 is 27.4 Å². The Balaban J connectivity index is 1.56. The van der Waals surface area contributed by atoms with Crippen LogP contribution in [0, 0.1) is 11.8 Å². The van der Waals surface area contributed by atoms with Gasteiger partial charge in [0.25, 0.3) is 0 Å². The van der Waals surface area contributed by atoms with Gasteiger partial charge in [0.1, 0.15) is 0 Å². The topological polar surface area (TPSA) is 170 Å². The van der Waals surface area contributed by atoms with Gasteiger partial charge in [0, 0.05) is 62.1 Å². The summed E-state index contributed by atoms with van der Waals surface area (Å²) in [5, 5.41) is 9.50. The first-order valence-electron chi connectivity index (χ1n) is 22.9. The normalized spacial score (nSPS) is 21.4. The summed E-state index contributed by atoms with van der Waals surface area (Å²) in [7, 11) is 3.71. The number of ether oxygens (including phenoxy) is 3. The van der Waals surface area contributed by atoms with E-state index in [0.717, 1.165) is 93.1 Å². The number of allylic oxidation sites excluding steroid dienone is 8. The van der Waals surface area contributed by atoms with E-state index in [2.05, 4.69) is 65.0 Å². The van der Waals surface area contributed by atoms with Crippen LogP contribution in [-0.4, -0.2) is 103 Å². The van der Waals surface area contributed by atoms with Crippen molar-refractivity contribution in [3.8, 4) is 0 Å². The monoisotopic (exact) mass is 845 g/mol. The predicted molar refractivity (Wildman–Crippen MR) is 246 cm³/mol. The van der Waals surface area contributed by atoms with E-state index in [9.17, 15) is 14.4 Å². The molecule has 7 N–H and O–H groups in total. The highest BCUT2D eigenvalue weighted by molar-refractivity contribution is 5.91. The largest absolute Gasteiger partial charge is 0.378 e. The molecular weight excluding hydrogens is 769 g/mol. The van der Waals surface area contributed by atoms with Crippen LogP contribution in [0.3, 0.4) is 0 Å². The number of nitrogens with one attached hydrogen (secondary N) is 3. The van der Waals surface area contributed by atoms with E-state index >= 15 is 0 Å². The number of carbonyl (C=O) groups is 3. The van der Waals surface area contributed by atoms with E-state index in [1.54, 1.807) is 4.90 Å². The van der Waals surface area contributed by atoms with Crippen LogP contribution in [0.25, 0.3) is 0 Å². The van der Waals surface area contributed by atoms with Crippen molar-refractivity contribution in [2.24, 2.45) is 23.3 Å². The Labute approximate surface area is 366 Å². The zero-order chi connectivity index (χ0) is 43.7. The number of fused-ring (bicyclic) bond motifs is 3. The summed E-state index contributed by atoms with van der Waals surface area (Å²) in [6, 6.07) is 6.24. The lowest BCUT2D eigenvalue weighted by Gasteiger charge is -2.51. The Kier molecular flexibility index (Phi) is 22.8. The third kappa shape index (κ3) is 16.1. The van der Waals surface area contributed by atoms with Gasteiger partial charge in [-0.3, -0.25) is 14.4 Å². The second kappa shape index (κ2) is 27.9. The number of nitrogens with zero attached hydrogens (tertiary/aromatic N) is 1. The lowest BCUT2D eigenvalue weighted by atomic mass is 9.52. The van der Waals surface area contributed by atoms with Crippen molar-refractivity contribution in [3.05, 3.63) is 89.7 Å². The van der Waals surface area contributed by atoms with Crippen LogP contribution in [0.5, 0.6) is 0 Å². The van der Waals surface area contributed by atoms with Gasteiger partial charge >= 0.3 is 0 Å². The maximum Gasteiger partial charge on any atom is 0.224 e. The van der Waals surface area contributed by atoms with Crippen LogP contribution >= 0.6 is 0 Å². The molecule has 4 atom stereocenters. The van der Waals surface area contributed by atoms with Gasteiger partial charge in [0.15, 0.2) is 0 Å². The summed E-state index contributed by atoms with van der Waals surface area (Å²) in [6.45, 7) is 10.2. The maximum atomic E-state index is 14.0. The highest BCUT2D eigenvalue weighted by atomic mass is 16.5. The molecule has 4 rings (SSSR count). The van der Waals surface area contributed by atoms with Gasteiger partial charge in [-0.25, -0.2) is 0 Å². The lowest BCUT2D eigenvalue weighted by molar-refractivity contribution is -0.131. The highest BCUT2D eigenvalue weighted by Gasteiger charge is 2.51. The quantitative estimate of drug-likeness (QED) is 0.0521. The fraction of sp³-hybridized carbons (Fsp3) is 0.612. The number of nitrogens with two attached hydrogens (primary N) is 2. The second-order valence-corrected chi connectivity index (χ2v) is 16.7. The number of unbranched alkanes of at least 4 members (excludes halogenated alkanes) is 8. The second-order valence-electron chi connectivity index (χ2n) is 16.7. The standard InChI is InChI=1S/C49H76N6O6/c1-38-20-21-40(54-46(57)19-11-7-5-9-15-27-51)37-49(25-24-47(58)55(3)29-31-60-33-35-61-34-32-59-30-28-52-2)43-17-13-12-16-41(43)48(38)42-23-22-39(36-44(42)49)53-45(56)18-10-6-4-8-14-26-50/h12-13,16-17,20-23,36-37,41,43,48,52H,1,4-11,14-15,18-19,24-35,50-51H2,2-3H3,(H,53,56)(H,54,57)/b21-20-,40-37+. The molecule has 12 nitrogen and oxygen atoms in total. The van der Waals surface area contributed by atoms with E-state index in [1.165, 1.54) is 0 Å². The molecule has 0 heterocycles. The molecule has 3 aliphatic carbocycles. The van der Waals surface area contributed by atoms with Crippen LogP contribution in [0.4, 0.5) is 5.69 Å². The van der Waals surface area contributed by atoms with Crippen molar-refractivity contribution in [2.45, 2.75) is 101 Å². The minimum absolute atomic E-state index is 0.00728. The van der Waals surface area contributed by atoms with Gasteiger partial charge in [-0.15, -0.1) is 0 Å². The van der Waals surface area contributed by atoms with E-state index in [-0.39, 0.29) is 41.9 Å². The summed E-state index contributed by atoms with van der Waals surface area (Å²) in [6.07, 6.45) is 26.4. The summed E-state index contributed by atoms with van der Waals surface area (Å²) < 4.78 is 16.9. The molecule has 0 aromatic heterocycles. The summed E-state index contributed by atoms with van der Waals surface area (Å²) in [5.41, 5.74) is 15.1. The van der Waals surface area contributed by atoms with Crippen molar-refractivity contribution < 1.29 is 28.6 Å². The van der Waals surface area contributed by atoms with Crippen molar-refractivity contribution in [2.75, 3.05) is 85.2 Å². The SMILES string of the molecule is C=C1/C=C\C(NC(=O)CCCCCCCN)=C/C2(CCC(=O)N(C)CCOCCOCCOCCNC)c3cc(NC(=O)CCCCCCCN)ccc3C1C1C=CC=CC12. The summed E-state index contributed by atoms with van der Waals surface area (Å²) in [5.74, 6) is -0.0626. The number of amides is 3. The first kappa shape index (κ1) is 49.7. The third-order valence-electron chi connectivity index (χ3n) is 12.1. The zero-order valence-electron chi connectivity index (χ0n) is 37.2.